The normalized spacial score (nSPS) is 12.8. The third-order valence-electron chi connectivity index (χ3n) is 2.96. The quantitative estimate of drug-likeness (QED) is 0.668. The van der Waals surface area contributed by atoms with E-state index in [-0.39, 0.29) is 0 Å². The second-order valence-electron chi connectivity index (χ2n) is 4.03. The summed E-state index contributed by atoms with van der Waals surface area (Å²) in [5.74, 6) is 0. The van der Waals surface area contributed by atoms with E-state index in [1.165, 1.54) is 22.3 Å². The first kappa shape index (κ1) is 9.68. The highest BCUT2D eigenvalue weighted by atomic mass is 35.5. The molecule has 0 nitrogen and oxygen atoms in total. The molecule has 1 heteroatoms. The zero-order chi connectivity index (χ0) is 11.0. The fraction of sp³-hybridized carbons (Fsp3) is 0.0667. The van der Waals surface area contributed by atoms with Gasteiger partial charge in [0.25, 0.3) is 0 Å². The number of hydrogen-bond acceptors (Lipinski definition) is 0. The molecule has 78 valence electrons. The average Bonchev–Trinajstić information content (AvgIpc) is 2.77. The first-order valence-electron chi connectivity index (χ1n) is 5.38. The minimum absolute atomic E-state index is 0.782. The minimum atomic E-state index is 0.782. The van der Waals surface area contributed by atoms with Gasteiger partial charge in [-0.25, -0.2) is 0 Å². The fourth-order valence-corrected chi connectivity index (χ4v) is 2.20. The summed E-state index contributed by atoms with van der Waals surface area (Å²) in [6, 6.07) is 14.6. The van der Waals surface area contributed by atoms with Gasteiger partial charge in [-0.1, -0.05) is 48.0 Å². The van der Waals surface area contributed by atoms with E-state index in [0.29, 0.717) is 0 Å². The van der Waals surface area contributed by atoms with Crippen molar-refractivity contribution in [3.05, 3.63) is 64.7 Å². The molecule has 0 amide bonds. The SMILES string of the molecule is Clc1ccc(-c2ccc3c(c2)C=CC3)cc1. The minimum Gasteiger partial charge on any atom is -0.0843 e. The molecule has 0 unspecified atom stereocenters. The van der Waals surface area contributed by atoms with Crippen LogP contribution in [0.15, 0.2) is 48.5 Å². The molecule has 2 aromatic rings. The van der Waals surface area contributed by atoms with Crippen molar-refractivity contribution in [1.29, 1.82) is 0 Å². The van der Waals surface area contributed by atoms with E-state index in [4.69, 9.17) is 11.6 Å². The van der Waals surface area contributed by atoms with Gasteiger partial charge in [-0.15, -0.1) is 0 Å². The van der Waals surface area contributed by atoms with Gasteiger partial charge < -0.3 is 0 Å². The Hall–Kier alpha value is -1.53. The Balaban J connectivity index is 2.07. The Labute approximate surface area is 100 Å². The van der Waals surface area contributed by atoms with Crippen LogP contribution in [0.1, 0.15) is 11.1 Å². The second kappa shape index (κ2) is 3.80. The summed E-state index contributed by atoms with van der Waals surface area (Å²) in [6.07, 6.45) is 5.46. The highest BCUT2D eigenvalue weighted by molar-refractivity contribution is 6.30. The van der Waals surface area contributed by atoms with Crippen LogP contribution in [0.2, 0.25) is 5.02 Å². The summed E-state index contributed by atoms with van der Waals surface area (Å²) in [6.45, 7) is 0. The first-order chi connectivity index (χ1) is 7.83. The molecule has 1 aliphatic carbocycles. The summed E-state index contributed by atoms with van der Waals surface area (Å²) in [4.78, 5) is 0. The smallest absolute Gasteiger partial charge is 0.0406 e. The Morgan fingerprint density at radius 1 is 0.875 bits per heavy atom. The molecule has 0 aromatic heterocycles. The predicted molar refractivity (Wildman–Crippen MR) is 69.6 cm³/mol. The van der Waals surface area contributed by atoms with Gasteiger partial charge in [0.15, 0.2) is 0 Å². The molecule has 0 bridgehead atoms. The van der Waals surface area contributed by atoms with E-state index < -0.39 is 0 Å². The van der Waals surface area contributed by atoms with Crippen LogP contribution in [-0.4, -0.2) is 0 Å². The van der Waals surface area contributed by atoms with Crippen LogP contribution >= 0.6 is 11.6 Å². The van der Waals surface area contributed by atoms with Crippen molar-refractivity contribution in [3.8, 4) is 11.1 Å². The standard InChI is InChI=1S/C15H11Cl/c16-15-8-6-12(7-9-15)14-5-4-11-2-1-3-13(11)10-14/h1,3-10H,2H2. The molecule has 0 saturated carbocycles. The van der Waals surface area contributed by atoms with E-state index in [2.05, 4.69) is 42.5 Å². The zero-order valence-electron chi connectivity index (χ0n) is 8.78. The van der Waals surface area contributed by atoms with Gasteiger partial charge >= 0.3 is 0 Å². The lowest BCUT2D eigenvalue weighted by atomic mass is 10.0. The van der Waals surface area contributed by atoms with Crippen molar-refractivity contribution < 1.29 is 0 Å². The number of halogens is 1. The van der Waals surface area contributed by atoms with Gasteiger partial charge in [-0.3, -0.25) is 0 Å². The molecule has 0 fully saturated rings. The summed E-state index contributed by atoms with van der Waals surface area (Å²) < 4.78 is 0. The van der Waals surface area contributed by atoms with E-state index in [1.807, 2.05) is 12.1 Å². The van der Waals surface area contributed by atoms with Gasteiger partial charge in [0.1, 0.15) is 0 Å². The van der Waals surface area contributed by atoms with Gasteiger partial charge in [-0.05, 0) is 46.9 Å². The highest BCUT2D eigenvalue weighted by Crippen LogP contribution is 2.27. The summed E-state index contributed by atoms with van der Waals surface area (Å²) in [7, 11) is 0. The van der Waals surface area contributed by atoms with Crippen molar-refractivity contribution in [2.45, 2.75) is 6.42 Å². The molecular weight excluding hydrogens is 216 g/mol. The number of hydrogen-bond donors (Lipinski definition) is 0. The Bertz CT molecular complexity index is 550. The van der Waals surface area contributed by atoms with Crippen LogP contribution in [0, 0.1) is 0 Å². The number of allylic oxidation sites excluding steroid dienone is 1. The number of fused-ring (bicyclic) bond motifs is 1. The molecule has 0 saturated heterocycles. The highest BCUT2D eigenvalue weighted by Gasteiger charge is 2.06. The van der Waals surface area contributed by atoms with Gasteiger partial charge in [-0.2, -0.15) is 0 Å². The van der Waals surface area contributed by atoms with Crippen molar-refractivity contribution >= 4 is 17.7 Å². The van der Waals surface area contributed by atoms with Crippen LogP contribution in [0.5, 0.6) is 0 Å². The van der Waals surface area contributed by atoms with Crippen LogP contribution in [-0.2, 0) is 6.42 Å². The Kier molecular flexibility index (Phi) is 2.30. The molecule has 0 N–H and O–H groups in total. The monoisotopic (exact) mass is 226 g/mol. The Morgan fingerprint density at radius 2 is 1.62 bits per heavy atom. The first-order valence-corrected chi connectivity index (χ1v) is 5.76. The van der Waals surface area contributed by atoms with E-state index in [0.717, 1.165) is 11.4 Å². The Morgan fingerprint density at radius 3 is 2.44 bits per heavy atom. The largest absolute Gasteiger partial charge is 0.0843 e. The number of benzene rings is 2. The lowest BCUT2D eigenvalue weighted by Crippen LogP contribution is -1.83. The predicted octanol–water partition coefficient (Wildman–Crippen LogP) is 4.58. The lowest BCUT2D eigenvalue weighted by molar-refractivity contribution is 1.31. The van der Waals surface area contributed by atoms with Gasteiger partial charge in [0.05, 0.1) is 0 Å². The maximum Gasteiger partial charge on any atom is 0.0406 e. The molecule has 2 aromatic carbocycles. The van der Waals surface area contributed by atoms with Crippen molar-refractivity contribution in [1.82, 2.24) is 0 Å². The summed E-state index contributed by atoms with van der Waals surface area (Å²) >= 11 is 5.88. The molecule has 3 rings (SSSR count). The van der Waals surface area contributed by atoms with Gasteiger partial charge in [0.2, 0.25) is 0 Å². The number of rotatable bonds is 1. The van der Waals surface area contributed by atoms with Crippen LogP contribution in [0.25, 0.3) is 17.2 Å². The molecular formula is C15H11Cl. The maximum atomic E-state index is 5.88. The zero-order valence-corrected chi connectivity index (χ0v) is 9.54. The van der Waals surface area contributed by atoms with Crippen molar-refractivity contribution in [2.75, 3.05) is 0 Å². The topological polar surface area (TPSA) is 0 Å². The summed E-state index contributed by atoms with van der Waals surface area (Å²) in [5.41, 5.74) is 5.22. The van der Waals surface area contributed by atoms with Crippen molar-refractivity contribution in [2.24, 2.45) is 0 Å². The molecule has 16 heavy (non-hydrogen) atoms. The molecule has 0 radical (unpaired) electrons. The maximum absolute atomic E-state index is 5.88. The molecule has 1 aliphatic rings. The van der Waals surface area contributed by atoms with E-state index in [1.54, 1.807) is 0 Å². The summed E-state index contributed by atoms with van der Waals surface area (Å²) in [5, 5.41) is 0.782. The van der Waals surface area contributed by atoms with Crippen molar-refractivity contribution in [3.63, 3.8) is 0 Å². The van der Waals surface area contributed by atoms with E-state index in [9.17, 15) is 0 Å². The molecule has 0 atom stereocenters. The fourth-order valence-electron chi connectivity index (χ4n) is 2.07. The van der Waals surface area contributed by atoms with Gasteiger partial charge in [0, 0.05) is 5.02 Å². The molecule has 0 heterocycles. The van der Waals surface area contributed by atoms with Crippen LogP contribution in [0.3, 0.4) is 0 Å². The van der Waals surface area contributed by atoms with E-state index >= 15 is 0 Å². The average molecular weight is 227 g/mol. The third-order valence-corrected chi connectivity index (χ3v) is 3.21. The third kappa shape index (κ3) is 1.66. The van der Waals surface area contributed by atoms with Crippen LogP contribution < -0.4 is 0 Å². The molecule has 0 aliphatic heterocycles. The van der Waals surface area contributed by atoms with Crippen LogP contribution in [0.4, 0.5) is 0 Å². The molecule has 0 spiro atoms. The second-order valence-corrected chi connectivity index (χ2v) is 4.46. The lowest BCUT2D eigenvalue weighted by Gasteiger charge is -2.05.